The van der Waals surface area contributed by atoms with Crippen LogP contribution >= 0.6 is 11.3 Å². The van der Waals surface area contributed by atoms with Crippen molar-refractivity contribution >= 4 is 11.3 Å². The molecule has 0 aliphatic rings. The van der Waals surface area contributed by atoms with E-state index in [1.54, 1.807) is 23.5 Å². The topological polar surface area (TPSA) is 27.0 Å². The molecule has 1 heterocycles. The molecule has 1 atom stereocenters. The molecule has 2 aromatic rings. The van der Waals surface area contributed by atoms with Gasteiger partial charge in [0.2, 0.25) is 0 Å². The van der Waals surface area contributed by atoms with E-state index in [0.717, 1.165) is 6.42 Å². The maximum absolute atomic E-state index is 14.0. The molecule has 0 bridgehead atoms. The molecule has 0 fully saturated rings. The number of benzene rings is 1. The van der Waals surface area contributed by atoms with Gasteiger partial charge in [-0.15, -0.1) is 11.3 Å². The third-order valence-corrected chi connectivity index (χ3v) is 4.35. The molecule has 0 aliphatic heterocycles. The summed E-state index contributed by atoms with van der Waals surface area (Å²) < 4.78 is 14.0. The zero-order chi connectivity index (χ0) is 14.5. The summed E-state index contributed by atoms with van der Waals surface area (Å²) >= 11 is 1.74. The largest absolute Gasteiger partial charge is 0.299 e. The lowest BCUT2D eigenvalue weighted by Gasteiger charge is -2.24. The first-order valence-electron chi connectivity index (χ1n) is 6.52. The van der Waals surface area contributed by atoms with E-state index in [1.165, 1.54) is 10.9 Å². The van der Waals surface area contributed by atoms with Crippen molar-refractivity contribution in [1.82, 2.24) is 4.90 Å². The van der Waals surface area contributed by atoms with Crippen molar-refractivity contribution in [3.05, 3.63) is 57.5 Å². The molecule has 4 heteroatoms. The minimum absolute atomic E-state index is 0.113. The summed E-state index contributed by atoms with van der Waals surface area (Å²) in [6.07, 6.45) is 0.952. The first kappa shape index (κ1) is 14.7. The number of likely N-dealkylation sites (N-methyl/N-ethyl adjacent to an activating group) is 1. The van der Waals surface area contributed by atoms with Crippen LogP contribution in [-0.4, -0.2) is 18.0 Å². The Labute approximate surface area is 123 Å². The standard InChI is InChI=1S/C16H17FN2S/c1-12(9-15-7-4-8-20-15)19(2)11-14-6-3-5-13(10-18)16(14)17/h3-8,12H,9,11H2,1-2H3. The third-order valence-electron chi connectivity index (χ3n) is 3.45. The van der Waals surface area contributed by atoms with Gasteiger partial charge in [-0.1, -0.05) is 18.2 Å². The highest BCUT2D eigenvalue weighted by Crippen LogP contribution is 2.18. The molecule has 0 N–H and O–H groups in total. The molecule has 0 aliphatic carbocycles. The molecule has 0 radical (unpaired) electrons. The molecule has 2 rings (SSSR count). The summed E-state index contributed by atoms with van der Waals surface area (Å²) in [6, 6.07) is 11.3. The summed E-state index contributed by atoms with van der Waals surface area (Å²) in [5.74, 6) is -0.398. The molecule has 20 heavy (non-hydrogen) atoms. The Morgan fingerprint density at radius 1 is 1.35 bits per heavy atom. The predicted octanol–water partition coefficient (Wildman–Crippen LogP) is 3.82. The van der Waals surface area contributed by atoms with E-state index in [1.807, 2.05) is 19.2 Å². The molecule has 0 saturated heterocycles. The van der Waals surface area contributed by atoms with E-state index in [2.05, 4.69) is 23.3 Å². The monoisotopic (exact) mass is 288 g/mol. The van der Waals surface area contributed by atoms with E-state index in [-0.39, 0.29) is 5.56 Å². The predicted molar refractivity (Wildman–Crippen MR) is 80.1 cm³/mol. The summed E-state index contributed by atoms with van der Waals surface area (Å²) in [5, 5.41) is 10.9. The average molecular weight is 288 g/mol. The van der Waals surface area contributed by atoms with E-state index in [9.17, 15) is 4.39 Å². The van der Waals surface area contributed by atoms with Crippen LogP contribution in [0.3, 0.4) is 0 Å². The Morgan fingerprint density at radius 2 is 2.15 bits per heavy atom. The fourth-order valence-corrected chi connectivity index (χ4v) is 2.91. The SMILES string of the molecule is CC(Cc1cccs1)N(C)Cc1cccc(C#N)c1F. The zero-order valence-corrected chi connectivity index (χ0v) is 12.5. The second-order valence-electron chi connectivity index (χ2n) is 4.94. The van der Waals surface area contributed by atoms with E-state index < -0.39 is 5.82 Å². The van der Waals surface area contributed by atoms with Crippen LogP contribution in [0.2, 0.25) is 0 Å². The van der Waals surface area contributed by atoms with Gasteiger partial charge in [0.15, 0.2) is 0 Å². The number of rotatable bonds is 5. The van der Waals surface area contributed by atoms with Crippen LogP contribution in [0, 0.1) is 17.1 Å². The van der Waals surface area contributed by atoms with Crippen LogP contribution in [0.25, 0.3) is 0 Å². The summed E-state index contributed by atoms with van der Waals surface area (Å²) in [6.45, 7) is 2.64. The fraction of sp³-hybridized carbons (Fsp3) is 0.312. The van der Waals surface area contributed by atoms with Gasteiger partial charge in [0.05, 0.1) is 5.56 Å². The van der Waals surface area contributed by atoms with Crippen molar-refractivity contribution in [3.8, 4) is 6.07 Å². The van der Waals surface area contributed by atoms with Gasteiger partial charge in [-0.3, -0.25) is 4.90 Å². The van der Waals surface area contributed by atoms with E-state index in [0.29, 0.717) is 18.2 Å². The molecular weight excluding hydrogens is 271 g/mol. The average Bonchev–Trinajstić information content (AvgIpc) is 2.94. The second-order valence-corrected chi connectivity index (χ2v) is 5.97. The molecule has 0 saturated carbocycles. The third kappa shape index (κ3) is 3.44. The van der Waals surface area contributed by atoms with Gasteiger partial charge in [0.25, 0.3) is 0 Å². The lowest BCUT2D eigenvalue weighted by molar-refractivity contribution is 0.245. The van der Waals surface area contributed by atoms with Crippen LogP contribution < -0.4 is 0 Å². The molecule has 1 unspecified atom stereocenters. The highest BCUT2D eigenvalue weighted by atomic mass is 32.1. The Balaban J connectivity index is 2.04. The normalized spacial score (nSPS) is 12.3. The first-order valence-corrected chi connectivity index (χ1v) is 7.40. The van der Waals surface area contributed by atoms with Gasteiger partial charge >= 0.3 is 0 Å². The smallest absolute Gasteiger partial charge is 0.145 e. The van der Waals surface area contributed by atoms with Crippen LogP contribution in [0.5, 0.6) is 0 Å². The Hall–Kier alpha value is -1.70. The van der Waals surface area contributed by atoms with Crippen molar-refractivity contribution in [1.29, 1.82) is 5.26 Å². The molecule has 0 amide bonds. The second kappa shape index (κ2) is 6.65. The van der Waals surface area contributed by atoms with Crippen molar-refractivity contribution < 1.29 is 4.39 Å². The Morgan fingerprint density at radius 3 is 2.80 bits per heavy atom. The molecular formula is C16H17FN2S. The van der Waals surface area contributed by atoms with Gasteiger partial charge in [-0.25, -0.2) is 4.39 Å². The molecule has 104 valence electrons. The van der Waals surface area contributed by atoms with E-state index >= 15 is 0 Å². The molecule has 1 aromatic carbocycles. The number of hydrogen-bond donors (Lipinski definition) is 0. The van der Waals surface area contributed by atoms with Crippen molar-refractivity contribution in [2.45, 2.75) is 25.9 Å². The number of hydrogen-bond acceptors (Lipinski definition) is 3. The van der Waals surface area contributed by atoms with Crippen molar-refractivity contribution in [2.24, 2.45) is 0 Å². The molecule has 0 spiro atoms. The fourth-order valence-electron chi connectivity index (χ4n) is 2.09. The summed E-state index contributed by atoms with van der Waals surface area (Å²) in [4.78, 5) is 3.44. The minimum atomic E-state index is -0.398. The Bertz CT molecular complexity index is 601. The lowest BCUT2D eigenvalue weighted by atomic mass is 10.1. The summed E-state index contributed by atoms with van der Waals surface area (Å²) in [5.41, 5.74) is 0.686. The highest BCUT2D eigenvalue weighted by molar-refractivity contribution is 7.09. The highest BCUT2D eigenvalue weighted by Gasteiger charge is 2.14. The number of thiophene rings is 1. The summed E-state index contributed by atoms with van der Waals surface area (Å²) in [7, 11) is 1.98. The number of halogens is 1. The van der Waals surface area contributed by atoms with Gasteiger partial charge in [0, 0.05) is 23.0 Å². The van der Waals surface area contributed by atoms with Crippen LogP contribution in [-0.2, 0) is 13.0 Å². The maximum atomic E-state index is 14.0. The van der Waals surface area contributed by atoms with Crippen LogP contribution in [0.4, 0.5) is 4.39 Å². The molecule has 2 nitrogen and oxygen atoms in total. The number of nitrogens with zero attached hydrogens (tertiary/aromatic N) is 2. The van der Waals surface area contributed by atoms with Crippen molar-refractivity contribution in [2.75, 3.05) is 7.05 Å². The van der Waals surface area contributed by atoms with Gasteiger partial charge < -0.3 is 0 Å². The van der Waals surface area contributed by atoms with Gasteiger partial charge in [-0.05, 0) is 37.9 Å². The van der Waals surface area contributed by atoms with Gasteiger partial charge in [-0.2, -0.15) is 5.26 Å². The maximum Gasteiger partial charge on any atom is 0.145 e. The van der Waals surface area contributed by atoms with Crippen molar-refractivity contribution in [3.63, 3.8) is 0 Å². The number of nitriles is 1. The quantitative estimate of drug-likeness (QED) is 0.836. The molecule has 1 aromatic heterocycles. The lowest BCUT2D eigenvalue weighted by Crippen LogP contribution is -2.30. The van der Waals surface area contributed by atoms with Gasteiger partial charge in [0.1, 0.15) is 11.9 Å². The van der Waals surface area contributed by atoms with Crippen LogP contribution in [0.1, 0.15) is 22.9 Å². The van der Waals surface area contributed by atoms with Crippen LogP contribution in [0.15, 0.2) is 35.7 Å². The van der Waals surface area contributed by atoms with E-state index in [4.69, 9.17) is 5.26 Å². The first-order chi connectivity index (χ1) is 9.61. The Kier molecular flexibility index (Phi) is 4.89. The minimum Gasteiger partial charge on any atom is -0.299 e. The zero-order valence-electron chi connectivity index (χ0n) is 11.6.